The standard InChI is InChI=1S/C20H22N2O/c1-15(12-16-6-4-3-5-7-16)20(23)21-19-9-8-17-10-11-22(2)14-18(17)13-19/h3-9,12-13H,10-11,14H2,1-2H3,(H,21,23)/b15-12+. The molecule has 0 saturated carbocycles. The van der Waals surface area contributed by atoms with Crippen LogP contribution in [0.1, 0.15) is 23.6 Å². The molecule has 1 amide bonds. The molecule has 1 aliphatic heterocycles. The lowest BCUT2D eigenvalue weighted by atomic mass is 9.99. The van der Waals surface area contributed by atoms with Crippen molar-refractivity contribution in [3.05, 3.63) is 70.8 Å². The quantitative estimate of drug-likeness (QED) is 0.877. The van der Waals surface area contributed by atoms with Gasteiger partial charge in [0.1, 0.15) is 0 Å². The van der Waals surface area contributed by atoms with Gasteiger partial charge in [-0.25, -0.2) is 0 Å². The molecule has 23 heavy (non-hydrogen) atoms. The maximum absolute atomic E-state index is 12.4. The van der Waals surface area contributed by atoms with Crippen LogP contribution in [0.3, 0.4) is 0 Å². The van der Waals surface area contributed by atoms with Crippen LogP contribution < -0.4 is 5.32 Å². The van der Waals surface area contributed by atoms with E-state index in [1.54, 1.807) is 0 Å². The lowest BCUT2D eigenvalue weighted by Crippen LogP contribution is -2.26. The van der Waals surface area contributed by atoms with Gasteiger partial charge in [-0.1, -0.05) is 36.4 Å². The second-order valence-corrected chi connectivity index (χ2v) is 6.16. The Morgan fingerprint density at radius 3 is 2.70 bits per heavy atom. The maximum atomic E-state index is 12.4. The summed E-state index contributed by atoms with van der Waals surface area (Å²) in [5.74, 6) is -0.0574. The van der Waals surface area contributed by atoms with Gasteiger partial charge in [-0.05, 0) is 55.3 Å². The first kappa shape index (κ1) is 15.5. The van der Waals surface area contributed by atoms with E-state index in [4.69, 9.17) is 0 Å². The molecule has 0 aliphatic carbocycles. The lowest BCUT2D eigenvalue weighted by Gasteiger charge is -2.25. The number of benzene rings is 2. The number of nitrogens with zero attached hydrogens (tertiary/aromatic N) is 1. The van der Waals surface area contributed by atoms with Crippen molar-refractivity contribution in [2.75, 3.05) is 18.9 Å². The Morgan fingerprint density at radius 1 is 1.13 bits per heavy atom. The molecule has 118 valence electrons. The van der Waals surface area contributed by atoms with E-state index < -0.39 is 0 Å². The van der Waals surface area contributed by atoms with Crippen LogP contribution in [0.2, 0.25) is 0 Å². The van der Waals surface area contributed by atoms with E-state index in [-0.39, 0.29) is 5.91 Å². The minimum atomic E-state index is -0.0574. The number of amides is 1. The second-order valence-electron chi connectivity index (χ2n) is 6.16. The second kappa shape index (κ2) is 6.80. The molecule has 0 saturated heterocycles. The highest BCUT2D eigenvalue weighted by Gasteiger charge is 2.14. The Kier molecular flexibility index (Phi) is 4.58. The predicted molar refractivity (Wildman–Crippen MR) is 95.2 cm³/mol. The average Bonchev–Trinajstić information content (AvgIpc) is 2.55. The number of carbonyl (C=O) groups excluding carboxylic acids is 1. The van der Waals surface area contributed by atoms with Crippen LogP contribution in [0.25, 0.3) is 6.08 Å². The first-order chi connectivity index (χ1) is 11.1. The third-order valence-corrected chi connectivity index (χ3v) is 4.21. The number of likely N-dealkylation sites (N-methyl/N-ethyl adjacent to an activating group) is 1. The van der Waals surface area contributed by atoms with E-state index >= 15 is 0 Å². The van der Waals surface area contributed by atoms with Crippen LogP contribution in [0, 0.1) is 0 Å². The van der Waals surface area contributed by atoms with E-state index in [0.717, 1.165) is 30.8 Å². The van der Waals surface area contributed by atoms with Gasteiger partial charge in [0.25, 0.3) is 5.91 Å². The molecule has 3 rings (SSSR count). The zero-order valence-corrected chi connectivity index (χ0v) is 13.7. The van der Waals surface area contributed by atoms with Crippen LogP contribution in [0.4, 0.5) is 5.69 Å². The molecule has 0 unspecified atom stereocenters. The normalized spacial score (nSPS) is 15.1. The average molecular weight is 306 g/mol. The van der Waals surface area contributed by atoms with Crippen LogP contribution >= 0.6 is 0 Å². The Morgan fingerprint density at radius 2 is 1.91 bits per heavy atom. The first-order valence-corrected chi connectivity index (χ1v) is 7.97. The Bertz CT molecular complexity index is 735. The van der Waals surface area contributed by atoms with Gasteiger partial charge in [-0.3, -0.25) is 4.79 Å². The van der Waals surface area contributed by atoms with E-state index in [0.29, 0.717) is 5.57 Å². The van der Waals surface area contributed by atoms with Gasteiger partial charge in [-0.2, -0.15) is 0 Å². The first-order valence-electron chi connectivity index (χ1n) is 7.97. The fraction of sp³-hybridized carbons (Fsp3) is 0.250. The molecule has 2 aromatic rings. The van der Waals surface area contributed by atoms with Crippen molar-refractivity contribution >= 4 is 17.7 Å². The van der Waals surface area contributed by atoms with E-state index in [2.05, 4.69) is 29.4 Å². The minimum absolute atomic E-state index is 0.0574. The van der Waals surface area contributed by atoms with Gasteiger partial charge in [0, 0.05) is 24.4 Å². The maximum Gasteiger partial charge on any atom is 0.251 e. The van der Waals surface area contributed by atoms with E-state index in [1.807, 2.05) is 49.4 Å². The van der Waals surface area contributed by atoms with Gasteiger partial charge < -0.3 is 10.2 Å². The summed E-state index contributed by atoms with van der Waals surface area (Å²) in [6.45, 7) is 3.88. The van der Waals surface area contributed by atoms with Crippen molar-refractivity contribution in [1.82, 2.24) is 4.90 Å². The summed E-state index contributed by atoms with van der Waals surface area (Å²) in [4.78, 5) is 14.7. The summed E-state index contributed by atoms with van der Waals surface area (Å²) in [5.41, 5.74) is 5.29. The van der Waals surface area contributed by atoms with Gasteiger partial charge >= 0.3 is 0 Å². The number of hydrogen-bond donors (Lipinski definition) is 1. The number of fused-ring (bicyclic) bond motifs is 1. The highest BCUT2D eigenvalue weighted by molar-refractivity contribution is 6.06. The smallest absolute Gasteiger partial charge is 0.251 e. The number of rotatable bonds is 3. The third kappa shape index (κ3) is 3.88. The van der Waals surface area contributed by atoms with Gasteiger partial charge in [0.2, 0.25) is 0 Å². The highest BCUT2D eigenvalue weighted by atomic mass is 16.1. The summed E-state index contributed by atoms with van der Waals surface area (Å²) in [6.07, 6.45) is 2.98. The zero-order valence-electron chi connectivity index (χ0n) is 13.7. The summed E-state index contributed by atoms with van der Waals surface area (Å²) in [6, 6.07) is 16.1. The Balaban J connectivity index is 1.73. The highest BCUT2D eigenvalue weighted by Crippen LogP contribution is 2.22. The summed E-state index contributed by atoms with van der Waals surface area (Å²) >= 11 is 0. The molecule has 0 spiro atoms. The molecule has 0 bridgehead atoms. The Labute approximate surface area is 137 Å². The number of carbonyl (C=O) groups is 1. The van der Waals surface area contributed by atoms with Crippen LogP contribution in [-0.2, 0) is 17.8 Å². The largest absolute Gasteiger partial charge is 0.322 e. The SMILES string of the molecule is C/C(=C\c1ccccc1)C(=O)Nc1ccc2c(c1)CN(C)CC2. The van der Waals surface area contributed by atoms with Crippen molar-refractivity contribution in [2.24, 2.45) is 0 Å². The van der Waals surface area contributed by atoms with Gasteiger partial charge in [0.05, 0.1) is 0 Å². The van der Waals surface area contributed by atoms with Gasteiger partial charge in [-0.15, -0.1) is 0 Å². The minimum Gasteiger partial charge on any atom is -0.322 e. The molecular formula is C20H22N2O. The van der Waals surface area contributed by atoms with E-state index in [1.165, 1.54) is 11.1 Å². The summed E-state index contributed by atoms with van der Waals surface area (Å²) in [7, 11) is 2.13. The predicted octanol–water partition coefficient (Wildman–Crippen LogP) is 3.72. The Hall–Kier alpha value is -2.39. The summed E-state index contributed by atoms with van der Waals surface area (Å²) in [5, 5.41) is 3.00. The van der Waals surface area contributed by atoms with Crippen molar-refractivity contribution in [1.29, 1.82) is 0 Å². The molecule has 0 aromatic heterocycles. The molecule has 3 heteroatoms. The lowest BCUT2D eigenvalue weighted by molar-refractivity contribution is -0.112. The van der Waals surface area contributed by atoms with Gasteiger partial charge in [0.15, 0.2) is 0 Å². The topological polar surface area (TPSA) is 32.3 Å². The van der Waals surface area contributed by atoms with Crippen molar-refractivity contribution < 1.29 is 4.79 Å². The molecule has 1 aliphatic rings. The molecule has 1 heterocycles. The van der Waals surface area contributed by atoms with Crippen molar-refractivity contribution in [3.8, 4) is 0 Å². The molecule has 0 radical (unpaired) electrons. The monoisotopic (exact) mass is 306 g/mol. The number of hydrogen-bond acceptors (Lipinski definition) is 2. The summed E-state index contributed by atoms with van der Waals surface area (Å²) < 4.78 is 0. The van der Waals surface area contributed by atoms with Crippen molar-refractivity contribution in [3.63, 3.8) is 0 Å². The van der Waals surface area contributed by atoms with Crippen LogP contribution in [0.15, 0.2) is 54.1 Å². The van der Waals surface area contributed by atoms with E-state index in [9.17, 15) is 4.79 Å². The molecule has 2 aromatic carbocycles. The molecular weight excluding hydrogens is 284 g/mol. The number of anilines is 1. The fourth-order valence-electron chi connectivity index (χ4n) is 2.87. The fourth-order valence-corrected chi connectivity index (χ4v) is 2.87. The number of nitrogens with one attached hydrogen (secondary N) is 1. The molecule has 1 N–H and O–H groups in total. The zero-order chi connectivity index (χ0) is 16.2. The van der Waals surface area contributed by atoms with Crippen molar-refractivity contribution in [2.45, 2.75) is 19.9 Å². The molecule has 3 nitrogen and oxygen atoms in total. The van der Waals surface area contributed by atoms with Crippen LogP contribution in [0.5, 0.6) is 0 Å². The third-order valence-electron chi connectivity index (χ3n) is 4.21. The molecule has 0 atom stereocenters. The van der Waals surface area contributed by atoms with Crippen LogP contribution in [-0.4, -0.2) is 24.4 Å². The molecule has 0 fully saturated rings.